The van der Waals surface area contributed by atoms with Crippen molar-refractivity contribution in [3.63, 3.8) is 0 Å². The van der Waals surface area contributed by atoms with Crippen molar-refractivity contribution < 1.29 is 28.2 Å². The number of aromatic nitrogens is 3. The summed E-state index contributed by atoms with van der Waals surface area (Å²) in [6.07, 6.45) is 1.63. The van der Waals surface area contributed by atoms with Crippen LogP contribution in [-0.2, 0) is 17.7 Å². The van der Waals surface area contributed by atoms with Gasteiger partial charge in [0.25, 0.3) is 5.91 Å². The molecule has 2 aliphatic heterocycles. The van der Waals surface area contributed by atoms with Crippen LogP contribution in [0.5, 0.6) is 11.5 Å². The molecule has 0 saturated carbocycles. The van der Waals surface area contributed by atoms with Gasteiger partial charge in [-0.05, 0) is 25.0 Å². The second kappa shape index (κ2) is 8.44. The van der Waals surface area contributed by atoms with Gasteiger partial charge in [-0.2, -0.15) is 0 Å². The van der Waals surface area contributed by atoms with E-state index in [1.807, 2.05) is 6.92 Å². The standard InChI is InChI=1S/C22H20F2N4O5S/c1-10-5-6-33-15-9-27-8-12(18(29)19(30)17(27)22(31)28(10)15)21-26-25-14(34-21)7-11-3-4-13(23)20(32-2)16(11)24/h3-4,8,10,15,30H,5-7,9H2,1-2H3/t10-,15+/m1/s1. The van der Waals surface area contributed by atoms with Crippen LogP contribution in [0.2, 0.25) is 0 Å². The first-order valence-electron chi connectivity index (χ1n) is 10.5. The Balaban J connectivity index is 1.49. The van der Waals surface area contributed by atoms with E-state index in [0.29, 0.717) is 18.0 Å². The number of aromatic hydroxyl groups is 1. The smallest absolute Gasteiger partial charge is 0.276 e. The summed E-state index contributed by atoms with van der Waals surface area (Å²) in [7, 11) is 1.17. The Kier molecular flexibility index (Phi) is 5.56. The van der Waals surface area contributed by atoms with Crippen LogP contribution in [0.1, 0.15) is 34.4 Å². The normalized spacial score (nSPS) is 19.6. The maximum absolute atomic E-state index is 14.5. The first-order chi connectivity index (χ1) is 16.3. The van der Waals surface area contributed by atoms with Gasteiger partial charge in [-0.1, -0.05) is 17.4 Å². The minimum Gasteiger partial charge on any atom is -0.503 e. The highest BCUT2D eigenvalue weighted by molar-refractivity contribution is 7.14. The van der Waals surface area contributed by atoms with Gasteiger partial charge in [0.15, 0.2) is 40.1 Å². The molecule has 3 aromatic rings. The first-order valence-corrected chi connectivity index (χ1v) is 11.4. The number of hydrogen-bond donors (Lipinski definition) is 1. The lowest BCUT2D eigenvalue weighted by molar-refractivity contribution is -0.112. The second-order valence-corrected chi connectivity index (χ2v) is 9.19. The Morgan fingerprint density at radius 3 is 2.85 bits per heavy atom. The first kappa shape index (κ1) is 22.4. The van der Waals surface area contributed by atoms with Crippen LogP contribution in [0, 0.1) is 11.6 Å². The van der Waals surface area contributed by atoms with E-state index in [0.717, 1.165) is 17.4 Å². The maximum atomic E-state index is 14.5. The van der Waals surface area contributed by atoms with E-state index in [9.17, 15) is 23.5 Å². The molecule has 9 nitrogen and oxygen atoms in total. The SMILES string of the molecule is COc1c(F)ccc(Cc2nnc(-c3cn4c(c(O)c3=O)C(=O)N3[C@H](C)CCO[C@H]3C4)s2)c1F. The number of carbonyl (C=O) groups excluding carboxylic acids is 1. The zero-order valence-electron chi connectivity index (χ0n) is 18.2. The Bertz CT molecular complexity index is 1360. The zero-order chi connectivity index (χ0) is 24.1. The number of rotatable bonds is 4. The molecule has 1 N–H and O–H groups in total. The molecule has 4 heterocycles. The van der Waals surface area contributed by atoms with Crippen molar-refractivity contribution in [2.75, 3.05) is 13.7 Å². The molecule has 1 amide bonds. The molecule has 2 atom stereocenters. The molecule has 12 heteroatoms. The average Bonchev–Trinajstić information content (AvgIpc) is 3.26. The third kappa shape index (κ3) is 3.53. The van der Waals surface area contributed by atoms with Gasteiger partial charge in [0.05, 0.1) is 25.8 Å². The topological polar surface area (TPSA) is 107 Å². The Morgan fingerprint density at radius 1 is 1.29 bits per heavy atom. The molecule has 0 bridgehead atoms. The van der Waals surface area contributed by atoms with Gasteiger partial charge in [0, 0.05) is 18.7 Å². The summed E-state index contributed by atoms with van der Waals surface area (Å²) in [5, 5.41) is 19.2. The predicted octanol–water partition coefficient (Wildman–Crippen LogP) is 2.54. The molecule has 178 valence electrons. The van der Waals surface area contributed by atoms with E-state index >= 15 is 0 Å². The number of amides is 1. The van der Waals surface area contributed by atoms with Crippen molar-refractivity contribution in [3.05, 3.63) is 56.5 Å². The summed E-state index contributed by atoms with van der Waals surface area (Å²) in [6.45, 7) is 2.65. The average molecular weight is 490 g/mol. The fourth-order valence-electron chi connectivity index (χ4n) is 4.30. The molecule has 0 aliphatic carbocycles. The van der Waals surface area contributed by atoms with Crippen molar-refractivity contribution in [3.8, 4) is 22.1 Å². The van der Waals surface area contributed by atoms with Gasteiger partial charge in [-0.25, -0.2) is 8.78 Å². The minimum absolute atomic E-state index is 0.000353. The van der Waals surface area contributed by atoms with Gasteiger partial charge in [-0.3, -0.25) is 9.59 Å². The second-order valence-electron chi connectivity index (χ2n) is 8.13. The van der Waals surface area contributed by atoms with Crippen LogP contribution in [0.3, 0.4) is 0 Å². The number of halogens is 2. The summed E-state index contributed by atoms with van der Waals surface area (Å²) in [4.78, 5) is 27.5. The molecule has 2 aromatic heterocycles. The Hall–Kier alpha value is -3.38. The molecule has 0 spiro atoms. The number of pyridine rings is 1. The van der Waals surface area contributed by atoms with E-state index in [-0.39, 0.29) is 40.8 Å². The fraction of sp³-hybridized carbons (Fsp3) is 0.364. The summed E-state index contributed by atoms with van der Waals surface area (Å²) < 4.78 is 40.2. The minimum atomic E-state index is -0.837. The van der Waals surface area contributed by atoms with Crippen LogP contribution >= 0.6 is 11.3 Å². The molecule has 1 fully saturated rings. The third-order valence-corrected chi connectivity index (χ3v) is 7.01. The van der Waals surface area contributed by atoms with Gasteiger partial charge < -0.3 is 24.0 Å². The monoisotopic (exact) mass is 490 g/mol. The van der Waals surface area contributed by atoms with Gasteiger partial charge in [0.2, 0.25) is 5.43 Å². The lowest BCUT2D eigenvalue weighted by atomic mass is 10.1. The van der Waals surface area contributed by atoms with Gasteiger partial charge in [0.1, 0.15) is 5.01 Å². The number of fused-ring (bicyclic) bond motifs is 2. The number of carbonyl (C=O) groups is 1. The van der Waals surface area contributed by atoms with E-state index in [2.05, 4.69) is 10.2 Å². The number of methoxy groups -OCH3 is 1. The Labute approximate surface area is 196 Å². The van der Waals surface area contributed by atoms with E-state index in [4.69, 9.17) is 9.47 Å². The van der Waals surface area contributed by atoms with Crippen LogP contribution < -0.4 is 10.2 Å². The van der Waals surface area contributed by atoms with Crippen molar-refractivity contribution in [1.82, 2.24) is 19.7 Å². The summed E-state index contributed by atoms with van der Waals surface area (Å²) in [6, 6.07) is 2.31. The van der Waals surface area contributed by atoms with Crippen molar-refractivity contribution in [2.24, 2.45) is 0 Å². The van der Waals surface area contributed by atoms with E-state index in [1.54, 1.807) is 4.90 Å². The quantitative estimate of drug-likeness (QED) is 0.599. The van der Waals surface area contributed by atoms with Crippen LogP contribution in [0.25, 0.3) is 10.6 Å². The molecule has 1 saturated heterocycles. The predicted molar refractivity (Wildman–Crippen MR) is 117 cm³/mol. The van der Waals surface area contributed by atoms with E-state index in [1.165, 1.54) is 23.9 Å². The van der Waals surface area contributed by atoms with Crippen molar-refractivity contribution in [2.45, 2.75) is 38.6 Å². The highest BCUT2D eigenvalue weighted by Crippen LogP contribution is 2.32. The highest BCUT2D eigenvalue weighted by Gasteiger charge is 2.40. The summed E-state index contributed by atoms with van der Waals surface area (Å²) in [5.41, 5.74) is -0.624. The number of hydrogen-bond acceptors (Lipinski definition) is 8. The molecule has 2 aliphatic rings. The molecular weight excluding hydrogens is 470 g/mol. The molecule has 0 radical (unpaired) electrons. The van der Waals surface area contributed by atoms with Crippen molar-refractivity contribution in [1.29, 1.82) is 0 Å². The van der Waals surface area contributed by atoms with E-state index < -0.39 is 40.7 Å². The number of nitrogens with zero attached hydrogens (tertiary/aromatic N) is 4. The zero-order valence-corrected chi connectivity index (χ0v) is 19.1. The molecule has 5 rings (SSSR count). The van der Waals surface area contributed by atoms with Crippen molar-refractivity contribution >= 4 is 17.2 Å². The lowest BCUT2D eigenvalue weighted by Gasteiger charge is -2.44. The largest absolute Gasteiger partial charge is 0.503 e. The maximum Gasteiger partial charge on any atom is 0.276 e. The van der Waals surface area contributed by atoms with Gasteiger partial charge in [-0.15, -0.1) is 10.2 Å². The number of benzene rings is 1. The molecule has 34 heavy (non-hydrogen) atoms. The third-order valence-electron chi connectivity index (χ3n) is 6.05. The molecule has 0 unspecified atom stereocenters. The van der Waals surface area contributed by atoms with Crippen LogP contribution in [0.15, 0.2) is 23.1 Å². The molecule has 1 aromatic carbocycles. The molecular formula is C22H20F2N4O5S. The lowest BCUT2D eigenvalue weighted by Crippen LogP contribution is -2.56. The number of ether oxygens (including phenoxy) is 2. The van der Waals surface area contributed by atoms with Gasteiger partial charge >= 0.3 is 0 Å². The van der Waals surface area contributed by atoms with Crippen LogP contribution in [-0.4, -0.2) is 56.7 Å². The van der Waals surface area contributed by atoms with Crippen LogP contribution in [0.4, 0.5) is 8.78 Å². The highest BCUT2D eigenvalue weighted by atomic mass is 32.1. The Morgan fingerprint density at radius 2 is 2.09 bits per heavy atom. The summed E-state index contributed by atoms with van der Waals surface area (Å²) in [5.74, 6) is -3.27. The summed E-state index contributed by atoms with van der Waals surface area (Å²) >= 11 is 1.03. The fourth-order valence-corrected chi connectivity index (χ4v) is 5.17.